The lowest BCUT2D eigenvalue weighted by molar-refractivity contribution is -0.116. The van der Waals surface area contributed by atoms with E-state index < -0.39 is 0 Å². The van der Waals surface area contributed by atoms with Crippen molar-refractivity contribution in [3.05, 3.63) is 60.8 Å². The average Bonchev–Trinajstić information content (AvgIpc) is 2.97. The zero-order valence-electron chi connectivity index (χ0n) is 12.4. The second-order valence-electron chi connectivity index (χ2n) is 5.46. The summed E-state index contributed by atoms with van der Waals surface area (Å²) in [5.74, 6) is 0.149. The van der Waals surface area contributed by atoms with Gasteiger partial charge in [-0.1, -0.05) is 54.2 Å². The predicted octanol–water partition coefficient (Wildman–Crippen LogP) is 3.53. The van der Waals surface area contributed by atoms with Gasteiger partial charge in [-0.25, -0.2) is 0 Å². The van der Waals surface area contributed by atoms with Crippen molar-refractivity contribution in [3.8, 4) is 0 Å². The summed E-state index contributed by atoms with van der Waals surface area (Å²) in [5, 5.41) is 11.1. The molecule has 114 valence electrons. The van der Waals surface area contributed by atoms with Gasteiger partial charge in [-0.05, 0) is 18.6 Å². The molecular formula is C18H15N3OS. The van der Waals surface area contributed by atoms with E-state index in [-0.39, 0.29) is 11.2 Å². The van der Waals surface area contributed by atoms with Gasteiger partial charge in [0.2, 0.25) is 5.91 Å². The fraction of sp³-hybridized carbons (Fsp3) is 0.167. The van der Waals surface area contributed by atoms with Gasteiger partial charge in [0, 0.05) is 23.0 Å². The van der Waals surface area contributed by atoms with Crippen molar-refractivity contribution in [2.75, 3.05) is 11.4 Å². The fourth-order valence-electron chi connectivity index (χ4n) is 2.85. The molecule has 23 heavy (non-hydrogen) atoms. The number of aromatic nitrogens is 2. The molecule has 4 nitrogen and oxygen atoms in total. The minimum Gasteiger partial charge on any atom is -0.311 e. The molecule has 3 aromatic rings. The Morgan fingerprint density at radius 3 is 2.70 bits per heavy atom. The van der Waals surface area contributed by atoms with Gasteiger partial charge in [0.25, 0.3) is 0 Å². The average molecular weight is 321 g/mol. The molecule has 1 atom stereocenters. The second kappa shape index (κ2) is 6.01. The Morgan fingerprint density at radius 2 is 1.83 bits per heavy atom. The van der Waals surface area contributed by atoms with Crippen molar-refractivity contribution < 1.29 is 4.79 Å². The van der Waals surface area contributed by atoms with E-state index in [2.05, 4.69) is 10.2 Å². The van der Waals surface area contributed by atoms with Gasteiger partial charge < -0.3 is 4.90 Å². The minimum atomic E-state index is -0.102. The number of benzene rings is 2. The van der Waals surface area contributed by atoms with E-state index in [4.69, 9.17) is 0 Å². The van der Waals surface area contributed by atoms with Crippen LogP contribution in [0.3, 0.4) is 0 Å². The molecule has 2 heterocycles. The van der Waals surface area contributed by atoms with E-state index in [1.54, 1.807) is 6.20 Å². The molecule has 0 radical (unpaired) electrons. The molecule has 1 aliphatic rings. The molecule has 0 aliphatic carbocycles. The van der Waals surface area contributed by atoms with Crippen LogP contribution in [-0.4, -0.2) is 27.9 Å². The summed E-state index contributed by atoms with van der Waals surface area (Å²) in [6.07, 6.45) is 2.58. The molecule has 1 aromatic heterocycles. The van der Waals surface area contributed by atoms with Crippen molar-refractivity contribution in [1.29, 1.82) is 0 Å². The van der Waals surface area contributed by atoms with E-state index in [0.717, 1.165) is 34.5 Å². The third-order valence-corrected chi connectivity index (χ3v) is 5.26. The van der Waals surface area contributed by atoms with Crippen molar-refractivity contribution in [1.82, 2.24) is 10.2 Å². The highest BCUT2D eigenvalue weighted by atomic mass is 32.2. The second-order valence-corrected chi connectivity index (χ2v) is 6.65. The van der Waals surface area contributed by atoms with Crippen LogP contribution < -0.4 is 4.90 Å². The maximum absolute atomic E-state index is 12.7. The smallest absolute Gasteiger partial charge is 0.240 e. The Bertz CT molecular complexity index is 848. The first-order valence-electron chi connectivity index (χ1n) is 7.56. The first-order valence-corrected chi connectivity index (χ1v) is 8.44. The SMILES string of the molecule is O=C1[C@H](Sc2nncc3ccccc23)CCN1c1ccccc1. The number of anilines is 1. The minimum absolute atomic E-state index is 0.102. The van der Waals surface area contributed by atoms with Crippen molar-refractivity contribution >= 4 is 34.1 Å². The molecule has 0 spiro atoms. The Balaban J connectivity index is 1.59. The summed E-state index contributed by atoms with van der Waals surface area (Å²) >= 11 is 1.52. The fourth-order valence-corrected chi connectivity index (χ4v) is 3.98. The van der Waals surface area contributed by atoms with E-state index >= 15 is 0 Å². The summed E-state index contributed by atoms with van der Waals surface area (Å²) in [6, 6.07) is 17.8. The number of rotatable bonds is 3. The number of carbonyl (C=O) groups excluding carboxylic acids is 1. The highest BCUT2D eigenvalue weighted by molar-refractivity contribution is 8.00. The summed E-state index contributed by atoms with van der Waals surface area (Å²) in [6.45, 7) is 0.749. The number of fused-ring (bicyclic) bond motifs is 1. The number of carbonyl (C=O) groups is 1. The maximum Gasteiger partial charge on any atom is 0.240 e. The van der Waals surface area contributed by atoms with Crippen molar-refractivity contribution in [2.24, 2.45) is 0 Å². The molecule has 5 heteroatoms. The lowest BCUT2D eigenvalue weighted by atomic mass is 10.2. The lowest BCUT2D eigenvalue weighted by Gasteiger charge is -2.16. The molecule has 0 bridgehead atoms. The Labute approximate surface area is 138 Å². The van der Waals surface area contributed by atoms with Gasteiger partial charge >= 0.3 is 0 Å². The van der Waals surface area contributed by atoms with Gasteiger partial charge in [0.05, 0.1) is 11.4 Å². The summed E-state index contributed by atoms with van der Waals surface area (Å²) in [5.41, 5.74) is 0.963. The molecule has 4 rings (SSSR count). The van der Waals surface area contributed by atoms with Crippen molar-refractivity contribution in [3.63, 3.8) is 0 Å². The van der Waals surface area contributed by atoms with Crippen LogP contribution in [0.15, 0.2) is 65.8 Å². The van der Waals surface area contributed by atoms with Gasteiger partial charge in [0.15, 0.2) is 0 Å². The lowest BCUT2D eigenvalue weighted by Crippen LogP contribution is -2.27. The summed E-state index contributed by atoms with van der Waals surface area (Å²) in [4.78, 5) is 14.6. The molecule has 0 N–H and O–H groups in total. The zero-order chi connectivity index (χ0) is 15.6. The van der Waals surface area contributed by atoms with E-state index in [0.29, 0.717) is 0 Å². The number of para-hydroxylation sites is 1. The largest absolute Gasteiger partial charge is 0.311 e. The molecule has 2 aromatic carbocycles. The van der Waals surface area contributed by atoms with Crippen LogP contribution in [0.25, 0.3) is 10.8 Å². The van der Waals surface area contributed by atoms with Crippen LogP contribution in [0, 0.1) is 0 Å². The van der Waals surface area contributed by atoms with E-state index in [1.165, 1.54) is 11.8 Å². The molecular weight excluding hydrogens is 306 g/mol. The monoisotopic (exact) mass is 321 g/mol. The summed E-state index contributed by atoms with van der Waals surface area (Å²) < 4.78 is 0. The third kappa shape index (κ3) is 2.68. The Hall–Kier alpha value is -2.40. The molecule has 1 saturated heterocycles. The van der Waals surface area contributed by atoms with Crippen LogP contribution in [-0.2, 0) is 4.79 Å². The molecule has 1 amide bonds. The topological polar surface area (TPSA) is 46.1 Å². The van der Waals surface area contributed by atoms with Crippen molar-refractivity contribution in [2.45, 2.75) is 16.7 Å². The predicted molar refractivity (Wildman–Crippen MR) is 92.6 cm³/mol. The standard InChI is InChI=1S/C18H15N3OS/c22-18-16(10-11-21(18)14-7-2-1-3-8-14)23-17-15-9-5-4-6-13(15)12-19-20-17/h1-9,12,16H,10-11H2/t16-/m1/s1. The first-order chi connectivity index (χ1) is 11.3. The number of hydrogen-bond donors (Lipinski definition) is 0. The van der Waals surface area contributed by atoms with Gasteiger partial charge in [-0.3, -0.25) is 4.79 Å². The Morgan fingerprint density at radius 1 is 1.04 bits per heavy atom. The van der Waals surface area contributed by atoms with Gasteiger partial charge in [-0.15, -0.1) is 5.10 Å². The number of hydrogen-bond acceptors (Lipinski definition) is 4. The van der Waals surface area contributed by atoms with E-state index in [1.807, 2.05) is 59.5 Å². The first kappa shape index (κ1) is 14.2. The van der Waals surface area contributed by atoms with Gasteiger partial charge in [-0.2, -0.15) is 5.10 Å². The zero-order valence-corrected chi connectivity index (χ0v) is 13.2. The van der Waals surface area contributed by atoms with Crippen LogP contribution in [0.5, 0.6) is 0 Å². The molecule has 0 saturated carbocycles. The van der Waals surface area contributed by atoms with E-state index in [9.17, 15) is 4.79 Å². The highest BCUT2D eigenvalue weighted by Crippen LogP contribution is 2.34. The quantitative estimate of drug-likeness (QED) is 0.740. The van der Waals surface area contributed by atoms with Crippen LogP contribution in [0.4, 0.5) is 5.69 Å². The Kier molecular flexibility index (Phi) is 3.71. The number of thioether (sulfide) groups is 1. The summed E-state index contributed by atoms with van der Waals surface area (Å²) in [7, 11) is 0. The van der Waals surface area contributed by atoms with Crippen LogP contribution in [0.2, 0.25) is 0 Å². The highest BCUT2D eigenvalue weighted by Gasteiger charge is 2.33. The molecule has 0 unspecified atom stereocenters. The normalized spacial score (nSPS) is 17.8. The number of nitrogens with zero attached hydrogens (tertiary/aromatic N) is 3. The van der Waals surface area contributed by atoms with Gasteiger partial charge in [0.1, 0.15) is 5.03 Å². The maximum atomic E-state index is 12.7. The molecule has 1 fully saturated rings. The third-order valence-electron chi connectivity index (χ3n) is 4.01. The molecule has 1 aliphatic heterocycles. The van der Waals surface area contributed by atoms with Crippen LogP contribution in [0.1, 0.15) is 6.42 Å². The van der Waals surface area contributed by atoms with Crippen LogP contribution >= 0.6 is 11.8 Å². The number of amides is 1.